The normalized spacial score (nSPS) is 11.4. The summed E-state index contributed by atoms with van der Waals surface area (Å²) in [5.41, 5.74) is 0.461. The number of aromatic nitrogens is 2. The Morgan fingerprint density at radius 3 is 2.67 bits per heavy atom. The van der Waals surface area contributed by atoms with Crippen LogP contribution in [0, 0.1) is 0 Å². The summed E-state index contributed by atoms with van der Waals surface area (Å²) in [6, 6.07) is 12.8. The number of carbonyl (C=O) groups excluding carboxylic acids is 1. The lowest BCUT2D eigenvalue weighted by Gasteiger charge is -2.08. The Bertz CT molecular complexity index is 993. The van der Waals surface area contributed by atoms with E-state index in [4.69, 9.17) is 0 Å². The molecule has 0 fully saturated rings. The van der Waals surface area contributed by atoms with E-state index in [1.54, 1.807) is 19.1 Å². The van der Waals surface area contributed by atoms with Gasteiger partial charge in [0, 0.05) is 11.8 Å². The van der Waals surface area contributed by atoms with Crippen molar-refractivity contribution >= 4 is 48.9 Å². The fraction of sp³-hybridized carbons (Fsp3) is 0.133. The Kier molecular flexibility index (Phi) is 4.45. The molecule has 0 saturated heterocycles. The summed E-state index contributed by atoms with van der Waals surface area (Å²) in [4.78, 5) is 11.3. The second kappa shape index (κ2) is 6.54. The van der Waals surface area contributed by atoms with Crippen molar-refractivity contribution in [2.24, 2.45) is 0 Å². The Hall–Kier alpha value is -2.52. The number of fused-ring (bicyclic) bond motifs is 1. The number of amides is 1. The molecule has 0 unspecified atom stereocenters. The Labute approximate surface area is 142 Å². The van der Waals surface area contributed by atoms with Gasteiger partial charge in [-0.25, -0.2) is 0 Å². The molecule has 0 radical (unpaired) electrons. The molecule has 24 heavy (non-hydrogen) atoms. The number of hydrogen-bond acceptors (Lipinski definition) is 6. The topological polar surface area (TPSA) is 101 Å². The highest BCUT2D eigenvalue weighted by Crippen LogP contribution is 2.27. The first-order valence-corrected chi connectivity index (χ1v) is 9.43. The molecule has 3 aromatic rings. The molecule has 7 nitrogen and oxygen atoms in total. The minimum absolute atomic E-state index is 0.153. The van der Waals surface area contributed by atoms with E-state index in [1.165, 1.54) is 0 Å². The second-order valence-electron chi connectivity index (χ2n) is 4.91. The molecule has 0 aliphatic rings. The Morgan fingerprint density at radius 2 is 1.88 bits per heavy atom. The van der Waals surface area contributed by atoms with E-state index in [9.17, 15) is 13.2 Å². The second-order valence-corrected chi connectivity index (χ2v) is 7.74. The van der Waals surface area contributed by atoms with E-state index in [-0.39, 0.29) is 21.8 Å². The van der Waals surface area contributed by atoms with Gasteiger partial charge in [0.25, 0.3) is 14.4 Å². The molecule has 1 aromatic heterocycles. The monoisotopic (exact) mass is 362 g/mol. The zero-order chi connectivity index (χ0) is 17.2. The zero-order valence-corrected chi connectivity index (χ0v) is 14.3. The fourth-order valence-electron chi connectivity index (χ4n) is 2.08. The summed E-state index contributed by atoms with van der Waals surface area (Å²) in [5.74, 6) is -0.253. The summed E-state index contributed by atoms with van der Waals surface area (Å²) < 4.78 is 27.3. The van der Waals surface area contributed by atoms with E-state index in [2.05, 4.69) is 20.2 Å². The number of nitrogens with one attached hydrogen (secondary N) is 2. The van der Waals surface area contributed by atoms with E-state index >= 15 is 0 Å². The molecule has 1 heterocycles. The van der Waals surface area contributed by atoms with Crippen molar-refractivity contribution in [1.29, 1.82) is 0 Å². The van der Waals surface area contributed by atoms with Gasteiger partial charge in [-0.2, -0.15) is 8.42 Å². The lowest BCUT2D eigenvalue weighted by atomic mass is 10.1. The summed E-state index contributed by atoms with van der Waals surface area (Å²) in [7, 11) is -3.88. The number of sulfonamides is 1. The standard InChI is InChI=1S/C15H14N4O3S2/c1-2-13(20)16-14-17-18-15(23-14)24(21,22)19-12-9-5-7-10-6-3-4-8-11(10)12/h3-9,19H,2H2,1H3,(H,16,17,20). The van der Waals surface area contributed by atoms with Gasteiger partial charge < -0.3 is 5.32 Å². The average Bonchev–Trinajstić information content (AvgIpc) is 3.04. The number of hydrogen-bond donors (Lipinski definition) is 2. The van der Waals surface area contributed by atoms with Gasteiger partial charge in [0.1, 0.15) is 0 Å². The molecule has 0 aliphatic heterocycles. The third-order valence-corrected chi connectivity index (χ3v) is 5.81. The Balaban J connectivity index is 1.90. The lowest BCUT2D eigenvalue weighted by molar-refractivity contribution is -0.115. The van der Waals surface area contributed by atoms with E-state index < -0.39 is 10.0 Å². The summed E-state index contributed by atoms with van der Waals surface area (Å²) in [6.45, 7) is 1.69. The minimum atomic E-state index is -3.88. The number of nitrogens with zero attached hydrogens (tertiary/aromatic N) is 2. The van der Waals surface area contributed by atoms with Crippen LogP contribution in [0.5, 0.6) is 0 Å². The third kappa shape index (κ3) is 3.36. The van der Waals surface area contributed by atoms with Crippen LogP contribution in [-0.4, -0.2) is 24.5 Å². The lowest BCUT2D eigenvalue weighted by Crippen LogP contribution is -2.13. The molecule has 1 amide bonds. The van der Waals surface area contributed by atoms with Gasteiger partial charge >= 0.3 is 0 Å². The van der Waals surface area contributed by atoms with Gasteiger partial charge in [0.2, 0.25) is 11.0 Å². The predicted molar refractivity (Wildman–Crippen MR) is 93.6 cm³/mol. The van der Waals surface area contributed by atoms with Gasteiger partial charge in [-0.05, 0) is 11.5 Å². The SMILES string of the molecule is CCC(=O)Nc1nnc(S(=O)(=O)Nc2cccc3ccccc23)s1. The number of benzene rings is 2. The molecule has 0 spiro atoms. The van der Waals surface area contributed by atoms with Crippen LogP contribution in [-0.2, 0) is 14.8 Å². The Morgan fingerprint density at radius 1 is 1.12 bits per heavy atom. The first-order valence-electron chi connectivity index (χ1n) is 7.13. The largest absolute Gasteiger partial charge is 0.301 e. The number of carbonyl (C=O) groups is 1. The highest BCUT2D eigenvalue weighted by atomic mass is 32.2. The van der Waals surface area contributed by atoms with Gasteiger partial charge in [-0.15, -0.1) is 10.2 Å². The van der Waals surface area contributed by atoms with Crippen molar-refractivity contribution in [1.82, 2.24) is 10.2 Å². The van der Waals surface area contributed by atoms with Crippen LogP contribution in [0.3, 0.4) is 0 Å². The first-order chi connectivity index (χ1) is 11.5. The van der Waals surface area contributed by atoms with Crippen molar-refractivity contribution in [3.63, 3.8) is 0 Å². The maximum absolute atomic E-state index is 12.5. The van der Waals surface area contributed by atoms with Gasteiger partial charge in [-0.1, -0.05) is 54.7 Å². The van der Waals surface area contributed by atoms with Crippen LogP contribution in [0.4, 0.5) is 10.8 Å². The zero-order valence-electron chi connectivity index (χ0n) is 12.7. The van der Waals surface area contributed by atoms with Crippen LogP contribution in [0.25, 0.3) is 10.8 Å². The molecule has 124 valence electrons. The van der Waals surface area contributed by atoms with Crippen molar-refractivity contribution in [3.05, 3.63) is 42.5 Å². The first kappa shape index (κ1) is 16.3. The molecule has 3 rings (SSSR count). The quantitative estimate of drug-likeness (QED) is 0.680. The molecule has 2 aromatic carbocycles. The van der Waals surface area contributed by atoms with E-state index in [0.29, 0.717) is 5.69 Å². The average molecular weight is 362 g/mol. The highest BCUT2D eigenvalue weighted by Gasteiger charge is 2.21. The minimum Gasteiger partial charge on any atom is -0.301 e. The van der Waals surface area contributed by atoms with Crippen LogP contribution in [0.2, 0.25) is 0 Å². The predicted octanol–water partition coefficient (Wildman–Crippen LogP) is 2.84. The summed E-state index contributed by atoms with van der Waals surface area (Å²) in [5, 5.41) is 11.7. The molecule has 0 atom stereocenters. The summed E-state index contributed by atoms with van der Waals surface area (Å²) in [6.07, 6.45) is 0.274. The van der Waals surface area contributed by atoms with Gasteiger partial charge in [0.05, 0.1) is 5.69 Å². The maximum atomic E-state index is 12.5. The van der Waals surface area contributed by atoms with Crippen LogP contribution in [0.15, 0.2) is 46.8 Å². The van der Waals surface area contributed by atoms with Crippen LogP contribution < -0.4 is 10.0 Å². The highest BCUT2D eigenvalue weighted by molar-refractivity contribution is 7.94. The summed E-state index contributed by atoms with van der Waals surface area (Å²) >= 11 is 0.804. The number of rotatable bonds is 5. The van der Waals surface area contributed by atoms with Crippen molar-refractivity contribution in [3.8, 4) is 0 Å². The molecule has 0 saturated carbocycles. The molecule has 2 N–H and O–H groups in total. The number of anilines is 2. The molecule has 9 heteroatoms. The van der Waals surface area contributed by atoms with Crippen LogP contribution in [0.1, 0.15) is 13.3 Å². The van der Waals surface area contributed by atoms with E-state index in [1.807, 2.05) is 30.3 Å². The smallest absolute Gasteiger partial charge is 0.291 e. The third-order valence-electron chi connectivity index (χ3n) is 3.24. The van der Waals surface area contributed by atoms with Crippen LogP contribution >= 0.6 is 11.3 Å². The molecule has 0 bridgehead atoms. The molecular formula is C15H14N4O3S2. The van der Waals surface area contributed by atoms with Gasteiger partial charge in [0.15, 0.2) is 0 Å². The van der Waals surface area contributed by atoms with Crippen molar-refractivity contribution < 1.29 is 13.2 Å². The van der Waals surface area contributed by atoms with E-state index in [0.717, 1.165) is 22.1 Å². The maximum Gasteiger partial charge on any atom is 0.291 e. The van der Waals surface area contributed by atoms with Crippen molar-refractivity contribution in [2.75, 3.05) is 10.0 Å². The molecular weight excluding hydrogens is 348 g/mol. The molecule has 0 aliphatic carbocycles. The van der Waals surface area contributed by atoms with Gasteiger partial charge in [-0.3, -0.25) is 9.52 Å². The van der Waals surface area contributed by atoms with Crippen molar-refractivity contribution in [2.45, 2.75) is 17.7 Å². The fourth-order valence-corrected chi connectivity index (χ4v) is 4.08.